The number of H-pyrrole nitrogens is 3. The van der Waals surface area contributed by atoms with Crippen molar-refractivity contribution < 1.29 is 4.74 Å². The van der Waals surface area contributed by atoms with Crippen LogP contribution in [-0.4, -0.2) is 30.4 Å². The smallest absolute Gasteiger partial charge is 0.324 e. The third kappa shape index (κ3) is 3.76. The Morgan fingerprint density at radius 3 is 2.61 bits per heavy atom. The van der Waals surface area contributed by atoms with Crippen molar-refractivity contribution in [1.82, 2.24) is 30.4 Å². The van der Waals surface area contributed by atoms with Gasteiger partial charge in [0.25, 0.3) is 5.56 Å². The zero-order valence-corrected chi connectivity index (χ0v) is 16.9. The number of hydrogen-bond acceptors (Lipinski definition) is 6. The van der Waals surface area contributed by atoms with Gasteiger partial charge in [-0.25, -0.2) is 0 Å². The summed E-state index contributed by atoms with van der Waals surface area (Å²) in [6.07, 6.45) is 0. The predicted molar refractivity (Wildman–Crippen MR) is 118 cm³/mol. The number of fused-ring (bicyclic) bond motifs is 1. The van der Waals surface area contributed by atoms with Gasteiger partial charge < -0.3 is 10.1 Å². The Morgan fingerprint density at radius 1 is 0.935 bits per heavy atom. The lowest BCUT2D eigenvalue weighted by Gasteiger charge is -2.11. The first-order valence-electron chi connectivity index (χ1n) is 9.67. The standard InChI is InChI=1S/C22H19N7O2/c1-12-5-3-4-6-15(12)17-11-19(24-20-9-13(2)26-28-20)25-22(23-17)31-14-7-8-16-18(10-14)27-29-21(16)30/h3-11H,1-2H3,(H2,27,29,30)(H2,23,24,25,26,28). The van der Waals surface area contributed by atoms with Gasteiger partial charge in [0, 0.05) is 29.5 Å². The Hall–Kier alpha value is -4.40. The molecule has 3 aromatic heterocycles. The fraction of sp³-hybridized carbons (Fsp3) is 0.0909. The van der Waals surface area contributed by atoms with Gasteiger partial charge in [-0.15, -0.1) is 0 Å². The van der Waals surface area contributed by atoms with E-state index < -0.39 is 0 Å². The molecule has 0 saturated heterocycles. The second-order valence-corrected chi connectivity index (χ2v) is 7.19. The van der Waals surface area contributed by atoms with E-state index in [2.05, 4.69) is 35.7 Å². The van der Waals surface area contributed by atoms with Crippen LogP contribution in [0.3, 0.4) is 0 Å². The van der Waals surface area contributed by atoms with Gasteiger partial charge in [-0.1, -0.05) is 24.3 Å². The number of anilines is 2. The fourth-order valence-corrected chi connectivity index (χ4v) is 3.33. The van der Waals surface area contributed by atoms with Crippen LogP contribution in [0.4, 0.5) is 11.6 Å². The maximum Gasteiger partial charge on any atom is 0.324 e. The molecule has 31 heavy (non-hydrogen) atoms. The Labute approximate surface area is 176 Å². The zero-order valence-electron chi connectivity index (χ0n) is 16.9. The second kappa shape index (κ2) is 7.45. The first kappa shape index (κ1) is 18.6. The van der Waals surface area contributed by atoms with Gasteiger partial charge in [-0.3, -0.25) is 20.1 Å². The highest BCUT2D eigenvalue weighted by atomic mass is 16.5. The molecule has 5 aromatic rings. The molecule has 0 amide bonds. The first-order valence-corrected chi connectivity index (χ1v) is 9.67. The molecule has 0 fully saturated rings. The molecule has 5 rings (SSSR count). The number of aromatic amines is 3. The minimum atomic E-state index is -0.180. The van der Waals surface area contributed by atoms with Crippen molar-refractivity contribution in [3.05, 3.63) is 76.2 Å². The van der Waals surface area contributed by atoms with E-state index in [0.29, 0.717) is 34.0 Å². The van der Waals surface area contributed by atoms with E-state index >= 15 is 0 Å². The maximum absolute atomic E-state index is 11.7. The van der Waals surface area contributed by atoms with Gasteiger partial charge in [0.2, 0.25) is 0 Å². The summed E-state index contributed by atoms with van der Waals surface area (Å²) in [7, 11) is 0. The second-order valence-electron chi connectivity index (χ2n) is 7.19. The van der Waals surface area contributed by atoms with E-state index in [9.17, 15) is 4.79 Å². The average Bonchev–Trinajstić information content (AvgIpc) is 3.33. The average molecular weight is 413 g/mol. The predicted octanol–water partition coefficient (Wildman–Crippen LogP) is 4.19. The maximum atomic E-state index is 11.7. The van der Waals surface area contributed by atoms with Crippen LogP contribution in [0.25, 0.3) is 22.2 Å². The number of rotatable bonds is 5. The van der Waals surface area contributed by atoms with Crippen LogP contribution in [-0.2, 0) is 0 Å². The summed E-state index contributed by atoms with van der Waals surface area (Å²) < 4.78 is 5.95. The highest BCUT2D eigenvalue weighted by Crippen LogP contribution is 2.29. The third-order valence-electron chi connectivity index (χ3n) is 4.84. The molecular formula is C22H19N7O2. The normalized spacial score (nSPS) is 11.0. The van der Waals surface area contributed by atoms with Gasteiger partial charge in [-0.05, 0) is 31.5 Å². The van der Waals surface area contributed by atoms with Crippen LogP contribution in [0, 0.1) is 13.8 Å². The van der Waals surface area contributed by atoms with Crippen molar-refractivity contribution in [2.75, 3.05) is 5.32 Å². The summed E-state index contributed by atoms with van der Waals surface area (Å²) in [5.74, 6) is 1.70. The Kier molecular flexibility index (Phi) is 4.47. The molecule has 9 nitrogen and oxygen atoms in total. The lowest BCUT2D eigenvalue weighted by atomic mass is 10.1. The molecule has 0 saturated carbocycles. The van der Waals surface area contributed by atoms with Crippen molar-refractivity contribution in [3.63, 3.8) is 0 Å². The van der Waals surface area contributed by atoms with E-state index in [-0.39, 0.29) is 11.6 Å². The van der Waals surface area contributed by atoms with Crippen LogP contribution in [0.1, 0.15) is 11.3 Å². The quantitative estimate of drug-likeness (QED) is 0.342. The van der Waals surface area contributed by atoms with Crippen LogP contribution >= 0.6 is 0 Å². The molecule has 0 bridgehead atoms. The van der Waals surface area contributed by atoms with E-state index in [1.807, 2.05) is 50.2 Å². The molecule has 2 aromatic carbocycles. The van der Waals surface area contributed by atoms with Crippen molar-refractivity contribution >= 4 is 22.5 Å². The minimum absolute atomic E-state index is 0.174. The van der Waals surface area contributed by atoms with Crippen molar-refractivity contribution in [2.24, 2.45) is 0 Å². The molecule has 0 atom stereocenters. The molecule has 154 valence electrons. The number of benzene rings is 2. The first-order chi connectivity index (χ1) is 15.0. The largest absolute Gasteiger partial charge is 0.424 e. The summed E-state index contributed by atoms with van der Waals surface area (Å²) in [5.41, 5.74) is 4.17. The van der Waals surface area contributed by atoms with Gasteiger partial charge in [-0.2, -0.15) is 15.1 Å². The molecule has 0 aliphatic carbocycles. The van der Waals surface area contributed by atoms with Crippen LogP contribution in [0.2, 0.25) is 0 Å². The molecule has 0 aliphatic heterocycles. The van der Waals surface area contributed by atoms with Gasteiger partial charge in [0.1, 0.15) is 11.6 Å². The molecular weight excluding hydrogens is 394 g/mol. The monoisotopic (exact) mass is 413 g/mol. The van der Waals surface area contributed by atoms with Gasteiger partial charge in [0.05, 0.1) is 16.6 Å². The summed E-state index contributed by atoms with van der Waals surface area (Å²) in [6, 6.07) is 17.0. The Bertz CT molecular complexity index is 1450. The molecule has 0 unspecified atom stereocenters. The summed E-state index contributed by atoms with van der Waals surface area (Å²) >= 11 is 0. The fourth-order valence-electron chi connectivity index (χ4n) is 3.33. The van der Waals surface area contributed by atoms with E-state index in [4.69, 9.17) is 4.74 Å². The molecule has 0 radical (unpaired) electrons. The molecule has 4 N–H and O–H groups in total. The van der Waals surface area contributed by atoms with Gasteiger partial charge >= 0.3 is 6.01 Å². The van der Waals surface area contributed by atoms with E-state index in [0.717, 1.165) is 16.8 Å². The van der Waals surface area contributed by atoms with Crippen LogP contribution in [0.5, 0.6) is 11.8 Å². The number of aryl methyl sites for hydroxylation is 2. The molecule has 3 heterocycles. The zero-order chi connectivity index (χ0) is 21.4. The van der Waals surface area contributed by atoms with E-state index in [1.165, 1.54) is 0 Å². The van der Waals surface area contributed by atoms with Crippen molar-refractivity contribution in [3.8, 4) is 23.0 Å². The topological polar surface area (TPSA) is 124 Å². The Balaban J connectivity index is 1.55. The number of aromatic nitrogens is 6. The highest BCUT2D eigenvalue weighted by Gasteiger charge is 2.12. The number of nitrogens with one attached hydrogen (secondary N) is 4. The minimum Gasteiger partial charge on any atom is -0.424 e. The van der Waals surface area contributed by atoms with Crippen LogP contribution in [0.15, 0.2) is 59.4 Å². The van der Waals surface area contributed by atoms with Gasteiger partial charge in [0.15, 0.2) is 5.82 Å². The summed E-state index contributed by atoms with van der Waals surface area (Å²) in [4.78, 5) is 20.8. The summed E-state index contributed by atoms with van der Waals surface area (Å²) in [5, 5.41) is 16.2. The lowest BCUT2D eigenvalue weighted by molar-refractivity contribution is 0.444. The summed E-state index contributed by atoms with van der Waals surface area (Å²) in [6.45, 7) is 3.95. The molecule has 0 spiro atoms. The van der Waals surface area contributed by atoms with E-state index in [1.54, 1.807) is 18.2 Å². The number of nitrogens with zero attached hydrogens (tertiary/aromatic N) is 3. The number of hydrogen-bond donors (Lipinski definition) is 4. The van der Waals surface area contributed by atoms with Crippen LogP contribution < -0.4 is 15.6 Å². The van der Waals surface area contributed by atoms with Crippen molar-refractivity contribution in [1.29, 1.82) is 0 Å². The van der Waals surface area contributed by atoms with Crippen molar-refractivity contribution in [2.45, 2.75) is 13.8 Å². The Morgan fingerprint density at radius 2 is 1.81 bits per heavy atom. The third-order valence-corrected chi connectivity index (χ3v) is 4.84. The highest BCUT2D eigenvalue weighted by molar-refractivity contribution is 5.79. The molecule has 9 heteroatoms. The SMILES string of the molecule is Cc1cc(Nc2cc(-c3ccccc3C)nc(Oc3ccc4c(=O)[nH][nH]c4c3)n2)n[nH]1. The number of ether oxygens (including phenoxy) is 1. The lowest BCUT2D eigenvalue weighted by Crippen LogP contribution is -2.01. The molecule has 0 aliphatic rings.